The Labute approximate surface area is 119 Å². The second-order valence-corrected chi connectivity index (χ2v) is 6.24. The molecule has 7 nitrogen and oxygen atoms in total. The normalized spacial score (nSPS) is 11.6. The first-order valence-corrected chi connectivity index (χ1v) is 8.06. The molecule has 0 saturated heterocycles. The predicted octanol–water partition coefficient (Wildman–Crippen LogP) is 0.876. The first kappa shape index (κ1) is 16.6. The Hall–Kier alpha value is -1.41. The van der Waals surface area contributed by atoms with Crippen LogP contribution in [0.4, 0.5) is 0 Å². The predicted molar refractivity (Wildman–Crippen MR) is 73.7 cm³/mol. The van der Waals surface area contributed by atoms with E-state index in [9.17, 15) is 13.2 Å². The fraction of sp³-hybridized carbons (Fsp3) is 0.667. The number of nitrogens with zero attached hydrogens (tertiary/aromatic N) is 1. The van der Waals surface area contributed by atoms with Gasteiger partial charge in [-0.05, 0) is 20.3 Å². The third-order valence-electron chi connectivity index (χ3n) is 2.76. The van der Waals surface area contributed by atoms with Crippen molar-refractivity contribution >= 4 is 15.9 Å². The van der Waals surface area contributed by atoms with Gasteiger partial charge in [0.05, 0.1) is 6.54 Å². The molecule has 20 heavy (non-hydrogen) atoms. The van der Waals surface area contributed by atoms with E-state index in [0.29, 0.717) is 6.54 Å². The van der Waals surface area contributed by atoms with Crippen molar-refractivity contribution < 1.29 is 17.7 Å². The van der Waals surface area contributed by atoms with Gasteiger partial charge in [0.2, 0.25) is 15.9 Å². The summed E-state index contributed by atoms with van der Waals surface area (Å²) in [5.74, 6) is -0.144. The number of unbranched alkanes of at least 4 members (excludes halogenated alkanes) is 2. The molecule has 0 aliphatic carbocycles. The molecule has 8 heteroatoms. The van der Waals surface area contributed by atoms with Crippen LogP contribution < -0.4 is 10.0 Å². The molecular weight excluding hydrogens is 282 g/mol. The Balaban J connectivity index is 2.50. The maximum Gasteiger partial charge on any atom is 0.246 e. The molecule has 0 aliphatic rings. The van der Waals surface area contributed by atoms with Gasteiger partial charge in [0, 0.05) is 6.54 Å². The third kappa shape index (κ3) is 4.61. The van der Waals surface area contributed by atoms with Gasteiger partial charge in [-0.2, -0.15) is 0 Å². The molecule has 0 spiro atoms. The van der Waals surface area contributed by atoms with Crippen LogP contribution in [0.1, 0.15) is 37.6 Å². The van der Waals surface area contributed by atoms with Gasteiger partial charge in [0.15, 0.2) is 5.76 Å². The number of nitrogens with one attached hydrogen (secondary N) is 2. The van der Waals surface area contributed by atoms with Crippen molar-refractivity contribution in [3.8, 4) is 0 Å². The molecule has 1 rings (SSSR count). The zero-order valence-corrected chi connectivity index (χ0v) is 12.8. The van der Waals surface area contributed by atoms with Crippen LogP contribution in [-0.4, -0.2) is 32.6 Å². The Bertz CT molecular complexity index is 532. The van der Waals surface area contributed by atoms with Gasteiger partial charge in [0.25, 0.3) is 0 Å². The van der Waals surface area contributed by atoms with Crippen LogP contribution in [0.3, 0.4) is 0 Å². The number of aromatic nitrogens is 1. The molecule has 0 radical (unpaired) electrons. The quantitative estimate of drug-likeness (QED) is 0.694. The molecule has 0 aromatic carbocycles. The maximum absolute atomic E-state index is 12.0. The van der Waals surface area contributed by atoms with E-state index in [0.717, 1.165) is 19.3 Å². The fourth-order valence-electron chi connectivity index (χ4n) is 1.76. The number of carbonyl (C=O) groups excluding carboxylic acids is 1. The highest BCUT2D eigenvalue weighted by Crippen LogP contribution is 2.18. The summed E-state index contributed by atoms with van der Waals surface area (Å²) in [6.07, 6.45) is 2.98. The monoisotopic (exact) mass is 303 g/mol. The number of aryl methyl sites for hydroxylation is 2. The summed E-state index contributed by atoms with van der Waals surface area (Å²) in [5.41, 5.74) is 0.276. The van der Waals surface area contributed by atoms with Crippen molar-refractivity contribution in [2.45, 2.75) is 44.9 Å². The molecular formula is C12H21N3O4S. The minimum absolute atomic E-state index is 0.00344. The summed E-state index contributed by atoms with van der Waals surface area (Å²) in [6, 6.07) is 0. The van der Waals surface area contributed by atoms with Crippen molar-refractivity contribution in [1.29, 1.82) is 0 Å². The Morgan fingerprint density at radius 1 is 1.30 bits per heavy atom. The van der Waals surface area contributed by atoms with Crippen molar-refractivity contribution in [3.05, 3.63) is 11.5 Å². The highest BCUT2D eigenvalue weighted by molar-refractivity contribution is 7.89. The zero-order chi connectivity index (χ0) is 15.2. The van der Waals surface area contributed by atoms with Crippen LogP contribution in [0, 0.1) is 13.8 Å². The lowest BCUT2D eigenvalue weighted by molar-refractivity contribution is -0.119. The van der Waals surface area contributed by atoms with Gasteiger partial charge in [0.1, 0.15) is 10.6 Å². The Kier molecular flexibility index (Phi) is 6.15. The first-order chi connectivity index (χ1) is 9.38. The van der Waals surface area contributed by atoms with E-state index in [4.69, 9.17) is 4.52 Å². The van der Waals surface area contributed by atoms with E-state index < -0.39 is 10.0 Å². The molecule has 1 aromatic rings. The minimum Gasteiger partial charge on any atom is -0.360 e. The molecule has 0 atom stereocenters. The summed E-state index contributed by atoms with van der Waals surface area (Å²) in [5, 5.41) is 6.24. The summed E-state index contributed by atoms with van der Waals surface area (Å²) in [6.45, 7) is 5.38. The number of carbonyl (C=O) groups is 1. The van der Waals surface area contributed by atoms with E-state index >= 15 is 0 Å². The lowest BCUT2D eigenvalue weighted by Crippen LogP contribution is -2.37. The van der Waals surface area contributed by atoms with Gasteiger partial charge < -0.3 is 9.84 Å². The van der Waals surface area contributed by atoms with Crippen LogP contribution in [-0.2, 0) is 14.8 Å². The Morgan fingerprint density at radius 2 is 2.00 bits per heavy atom. The average Bonchev–Trinajstić information content (AvgIpc) is 2.72. The molecule has 0 aliphatic heterocycles. The number of amides is 1. The molecule has 0 unspecified atom stereocenters. The second kappa shape index (κ2) is 7.39. The Morgan fingerprint density at radius 3 is 2.55 bits per heavy atom. The largest absolute Gasteiger partial charge is 0.360 e. The van der Waals surface area contributed by atoms with Crippen LogP contribution in [0.2, 0.25) is 0 Å². The lowest BCUT2D eigenvalue weighted by atomic mass is 10.2. The number of hydrogen-bond donors (Lipinski definition) is 2. The van der Waals surface area contributed by atoms with Gasteiger partial charge in [-0.25, -0.2) is 13.1 Å². The van der Waals surface area contributed by atoms with Crippen molar-refractivity contribution in [3.63, 3.8) is 0 Å². The standard InChI is InChI=1S/C12H21N3O4S/c1-4-5-6-7-13-11(16)8-14-20(17,18)12-9(2)15-19-10(12)3/h14H,4-8H2,1-3H3,(H,13,16). The lowest BCUT2D eigenvalue weighted by Gasteiger charge is -2.07. The molecule has 0 saturated carbocycles. The van der Waals surface area contributed by atoms with Crippen LogP contribution in [0.5, 0.6) is 0 Å². The molecule has 2 N–H and O–H groups in total. The topological polar surface area (TPSA) is 101 Å². The molecule has 1 aromatic heterocycles. The van der Waals surface area contributed by atoms with E-state index in [2.05, 4.69) is 22.1 Å². The van der Waals surface area contributed by atoms with Gasteiger partial charge in [-0.3, -0.25) is 4.79 Å². The molecule has 1 heterocycles. The number of sulfonamides is 1. The van der Waals surface area contributed by atoms with Crippen molar-refractivity contribution in [2.24, 2.45) is 0 Å². The van der Waals surface area contributed by atoms with Crippen LogP contribution in [0.25, 0.3) is 0 Å². The molecule has 0 bridgehead atoms. The summed E-state index contributed by atoms with van der Waals surface area (Å²) >= 11 is 0. The number of hydrogen-bond acceptors (Lipinski definition) is 5. The van der Waals surface area contributed by atoms with Crippen LogP contribution >= 0.6 is 0 Å². The summed E-state index contributed by atoms with van der Waals surface area (Å²) < 4.78 is 31.1. The van der Waals surface area contributed by atoms with Crippen LogP contribution in [0.15, 0.2) is 9.42 Å². The minimum atomic E-state index is -3.78. The highest BCUT2D eigenvalue weighted by Gasteiger charge is 2.24. The summed E-state index contributed by atoms with van der Waals surface area (Å²) in [4.78, 5) is 11.5. The zero-order valence-electron chi connectivity index (χ0n) is 12.0. The van der Waals surface area contributed by atoms with Gasteiger partial charge >= 0.3 is 0 Å². The van der Waals surface area contributed by atoms with E-state index in [1.807, 2.05) is 0 Å². The van der Waals surface area contributed by atoms with E-state index in [-0.39, 0.29) is 28.8 Å². The average molecular weight is 303 g/mol. The second-order valence-electron chi connectivity index (χ2n) is 4.53. The maximum atomic E-state index is 12.0. The number of rotatable bonds is 8. The van der Waals surface area contributed by atoms with Crippen molar-refractivity contribution in [2.75, 3.05) is 13.1 Å². The third-order valence-corrected chi connectivity index (χ3v) is 4.41. The smallest absolute Gasteiger partial charge is 0.246 e. The van der Waals surface area contributed by atoms with E-state index in [1.54, 1.807) is 0 Å². The van der Waals surface area contributed by atoms with Gasteiger partial charge in [-0.1, -0.05) is 24.9 Å². The summed E-state index contributed by atoms with van der Waals surface area (Å²) in [7, 11) is -3.78. The molecule has 114 valence electrons. The van der Waals surface area contributed by atoms with Crippen molar-refractivity contribution in [1.82, 2.24) is 15.2 Å². The first-order valence-electron chi connectivity index (χ1n) is 6.57. The molecule has 1 amide bonds. The highest BCUT2D eigenvalue weighted by atomic mass is 32.2. The van der Waals surface area contributed by atoms with E-state index in [1.165, 1.54) is 13.8 Å². The SMILES string of the molecule is CCCCCNC(=O)CNS(=O)(=O)c1c(C)noc1C. The van der Waals surface area contributed by atoms with Gasteiger partial charge in [-0.15, -0.1) is 0 Å². The molecule has 0 fully saturated rings. The fourth-order valence-corrected chi connectivity index (χ4v) is 3.06.